The molecule has 110 valence electrons. The molecule has 0 fully saturated rings. The molecule has 19 heavy (non-hydrogen) atoms. The molecule has 4 N–H and O–H groups in total. The van der Waals surface area contributed by atoms with Crippen LogP contribution in [0.4, 0.5) is 0 Å². The molecule has 0 aliphatic heterocycles. The van der Waals surface area contributed by atoms with Gasteiger partial charge in [-0.05, 0) is 12.8 Å². The van der Waals surface area contributed by atoms with Gasteiger partial charge in [0.1, 0.15) is 0 Å². The number of rotatable bonds is 7. The minimum atomic E-state index is -1.58. The number of carbonyl (C=O) groups excluding carboxylic acids is 4. The molecule has 0 heterocycles. The summed E-state index contributed by atoms with van der Waals surface area (Å²) < 4.78 is 0. The molecule has 0 aliphatic rings. The summed E-state index contributed by atoms with van der Waals surface area (Å²) in [6.07, 6.45) is -1.21. The van der Waals surface area contributed by atoms with Crippen molar-refractivity contribution in [3.63, 3.8) is 0 Å². The Hall–Kier alpha value is -2.20. The summed E-state index contributed by atoms with van der Waals surface area (Å²) >= 11 is 0. The lowest BCUT2D eigenvalue weighted by Gasteiger charge is -2.11. The third kappa shape index (κ3) is 13.7. The molecule has 0 amide bonds. The Morgan fingerprint density at radius 3 is 1.42 bits per heavy atom. The average molecular weight is 276 g/mol. The number of aliphatic carboxylic acids is 4. The molecule has 0 aromatic carbocycles. The second kappa shape index (κ2) is 9.79. The number of carbonyl (C=O) groups is 4. The van der Waals surface area contributed by atoms with Crippen LogP contribution in [0.1, 0.15) is 19.3 Å². The fourth-order valence-corrected chi connectivity index (χ4v) is 0.654. The van der Waals surface area contributed by atoms with E-state index < -0.39 is 42.4 Å². The van der Waals surface area contributed by atoms with Crippen molar-refractivity contribution in [3.8, 4) is 0 Å². The highest BCUT2D eigenvalue weighted by Gasteiger charge is 2.02. The van der Waals surface area contributed by atoms with Gasteiger partial charge in [0, 0.05) is 30.4 Å². The summed E-state index contributed by atoms with van der Waals surface area (Å²) in [5.74, 6) is -5.83. The van der Waals surface area contributed by atoms with Crippen LogP contribution >= 0.6 is 0 Å². The zero-order valence-electron chi connectivity index (χ0n) is 9.70. The fraction of sp³-hybridized carbons (Fsp3) is 0.556. The maximum atomic E-state index is 9.86. The van der Waals surface area contributed by atoms with Crippen LogP contribution in [0.5, 0.6) is 0 Å². The van der Waals surface area contributed by atoms with Gasteiger partial charge in [0.15, 0.2) is 0 Å². The molecular formula is C9H12N2O8-4. The van der Waals surface area contributed by atoms with Crippen LogP contribution in [0, 0.1) is 0 Å². The van der Waals surface area contributed by atoms with Gasteiger partial charge in [-0.25, -0.2) is 0 Å². The van der Waals surface area contributed by atoms with Crippen LogP contribution in [0.15, 0.2) is 0 Å². The smallest absolute Gasteiger partial charge is 0.0586 e. The van der Waals surface area contributed by atoms with E-state index in [0.717, 1.165) is 0 Å². The Morgan fingerprint density at radius 2 is 1.21 bits per heavy atom. The molecule has 0 saturated heterocycles. The largest absolute Gasteiger partial charge is 0.550 e. The van der Waals surface area contributed by atoms with E-state index in [2.05, 4.69) is 0 Å². The van der Waals surface area contributed by atoms with Gasteiger partial charge < -0.3 is 51.1 Å². The SMILES string of the molecule is NC(CC(=O)[O-])C(=O)[O-].NC(CCC(=O)[O-])C(=O)[O-]. The molecule has 10 heteroatoms. The van der Waals surface area contributed by atoms with Crippen LogP contribution in [0.2, 0.25) is 0 Å². The van der Waals surface area contributed by atoms with E-state index in [1.54, 1.807) is 0 Å². The first-order valence-electron chi connectivity index (χ1n) is 4.90. The molecular weight excluding hydrogens is 264 g/mol. The van der Waals surface area contributed by atoms with E-state index in [4.69, 9.17) is 11.5 Å². The second-order valence-corrected chi connectivity index (χ2v) is 3.34. The molecule has 0 aliphatic carbocycles. The Bertz CT molecular complexity index is 343. The van der Waals surface area contributed by atoms with Crippen molar-refractivity contribution in [2.24, 2.45) is 11.5 Å². The highest BCUT2D eigenvalue weighted by atomic mass is 16.4. The van der Waals surface area contributed by atoms with Gasteiger partial charge in [-0.2, -0.15) is 0 Å². The van der Waals surface area contributed by atoms with Crippen LogP contribution in [0.3, 0.4) is 0 Å². The Kier molecular flexibility index (Phi) is 9.87. The van der Waals surface area contributed by atoms with E-state index in [1.165, 1.54) is 0 Å². The number of hydrogen-bond donors (Lipinski definition) is 2. The van der Waals surface area contributed by atoms with Gasteiger partial charge in [-0.3, -0.25) is 0 Å². The summed E-state index contributed by atoms with van der Waals surface area (Å²) in [5, 5.41) is 38.9. The molecule has 2 unspecified atom stereocenters. The lowest BCUT2D eigenvalue weighted by Crippen LogP contribution is -2.45. The van der Waals surface area contributed by atoms with E-state index >= 15 is 0 Å². The maximum Gasteiger partial charge on any atom is 0.0586 e. The quantitative estimate of drug-likeness (QED) is 0.447. The first-order valence-corrected chi connectivity index (χ1v) is 4.90. The van der Waals surface area contributed by atoms with E-state index in [1.807, 2.05) is 0 Å². The highest BCUT2D eigenvalue weighted by Crippen LogP contribution is 1.90. The van der Waals surface area contributed by atoms with Crippen molar-refractivity contribution in [2.75, 3.05) is 0 Å². The highest BCUT2D eigenvalue weighted by molar-refractivity contribution is 5.78. The number of hydrogen-bond acceptors (Lipinski definition) is 10. The van der Waals surface area contributed by atoms with Crippen molar-refractivity contribution >= 4 is 23.9 Å². The minimum absolute atomic E-state index is 0.148. The lowest BCUT2D eigenvalue weighted by molar-refractivity contribution is -0.316. The minimum Gasteiger partial charge on any atom is -0.550 e. The van der Waals surface area contributed by atoms with Crippen molar-refractivity contribution < 1.29 is 39.6 Å². The Balaban J connectivity index is 0. The van der Waals surface area contributed by atoms with Crippen molar-refractivity contribution in [1.29, 1.82) is 0 Å². The van der Waals surface area contributed by atoms with Crippen LogP contribution < -0.4 is 31.9 Å². The predicted octanol–water partition coefficient (Wildman–Crippen LogP) is -7.20. The standard InChI is InChI=1S/C5H9NO4.C4H7NO4/c6-3(5(9)10)1-2-4(7)8;5-2(4(8)9)1-3(6)7/h3H,1-2,6H2,(H,7,8)(H,9,10);2H,1,5H2,(H,6,7)(H,8,9)/p-4. The molecule has 0 bridgehead atoms. The predicted molar refractivity (Wildman–Crippen MR) is 49.8 cm³/mol. The van der Waals surface area contributed by atoms with Gasteiger partial charge in [-0.15, -0.1) is 0 Å². The molecule has 10 nitrogen and oxygen atoms in total. The first-order chi connectivity index (χ1) is 8.57. The normalized spacial score (nSPS) is 12.5. The van der Waals surface area contributed by atoms with Gasteiger partial charge in [0.05, 0.1) is 11.9 Å². The Morgan fingerprint density at radius 1 is 0.789 bits per heavy atom. The summed E-state index contributed by atoms with van der Waals surface area (Å²) in [6, 6.07) is -2.67. The van der Waals surface area contributed by atoms with Gasteiger partial charge in [0.25, 0.3) is 0 Å². The van der Waals surface area contributed by atoms with Crippen molar-refractivity contribution in [2.45, 2.75) is 31.3 Å². The van der Waals surface area contributed by atoms with Crippen LogP contribution in [-0.4, -0.2) is 36.0 Å². The molecule has 0 aromatic rings. The molecule has 2 atom stereocenters. The monoisotopic (exact) mass is 276 g/mol. The third-order valence-electron chi connectivity index (χ3n) is 1.65. The van der Waals surface area contributed by atoms with Gasteiger partial charge in [-0.1, -0.05) is 0 Å². The zero-order chi connectivity index (χ0) is 15.6. The second-order valence-electron chi connectivity index (χ2n) is 3.34. The van der Waals surface area contributed by atoms with Gasteiger partial charge >= 0.3 is 0 Å². The molecule has 0 radical (unpaired) electrons. The van der Waals surface area contributed by atoms with Gasteiger partial charge in [0.2, 0.25) is 0 Å². The van der Waals surface area contributed by atoms with Crippen molar-refractivity contribution in [3.05, 3.63) is 0 Å². The summed E-state index contributed by atoms with van der Waals surface area (Å²) in [5.41, 5.74) is 9.65. The third-order valence-corrected chi connectivity index (χ3v) is 1.65. The molecule has 0 spiro atoms. The lowest BCUT2D eigenvalue weighted by atomic mass is 10.2. The van der Waals surface area contributed by atoms with Crippen LogP contribution in [-0.2, 0) is 19.2 Å². The fourth-order valence-electron chi connectivity index (χ4n) is 0.654. The number of nitrogens with two attached hydrogens (primary N) is 2. The molecule has 0 rings (SSSR count). The Labute approximate surface area is 107 Å². The average Bonchev–Trinajstić information content (AvgIpc) is 2.25. The van der Waals surface area contributed by atoms with E-state index in [0.29, 0.717) is 0 Å². The van der Waals surface area contributed by atoms with E-state index in [-0.39, 0.29) is 12.8 Å². The zero-order valence-corrected chi connectivity index (χ0v) is 9.70. The van der Waals surface area contributed by atoms with E-state index in [9.17, 15) is 39.6 Å². The first kappa shape index (κ1) is 19.1. The molecule has 0 aromatic heterocycles. The van der Waals surface area contributed by atoms with Crippen LogP contribution in [0.25, 0.3) is 0 Å². The molecule has 0 saturated carbocycles. The summed E-state index contributed by atoms with van der Waals surface area (Å²) in [6.45, 7) is 0. The van der Waals surface area contributed by atoms with Crippen molar-refractivity contribution in [1.82, 2.24) is 0 Å². The summed E-state index contributed by atoms with van der Waals surface area (Å²) in [7, 11) is 0. The maximum absolute atomic E-state index is 9.86. The number of carboxylic acids is 4. The number of carboxylic acid groups (broad SMARTS) is 4. The topological polar surface area (TPSA) is 213 Å². The summed E-state index contributed by atoms with van der Waals surface area (Å²) in [4.78, 5) is 38.9.